The molecule has 0 radical (unpaired) electrons. The van der Waals surface area contributed by atoms with Crippen molar-refractivity contribution in [3.05, 3.63) is 60.2 Å². The third-order valence-electron chi connectivity index (χ3n) is 10.0. The zero-order valence-electron chi connectivity index (χ0n) is 20.8. The van der Waals surface area contributed by atoms with E-state index in [4.69, 9.17) is 0 Å². The van der Waals surface area contributed by atoms with Gasteiger partial charge in [0, 0.05) is 22.1 Å². The minimum atomic E-state index is -1.46. The number of aliphatic hydroxyl groups is 2. The number of pyridine rings is 1. The second-order valence-corrected chi connectivity index (χ2v) is 12.7. The Morgan fingerprint density at radius 1 is 1.17 bits per heavy atom. The molecule has 188 valence electrons. The van der Waals surface area contributed by atoms with E-state index >= 15 is 0 Å². The Balaban J connectivity index is 1.24. The summed E-state index contributed by atoms with van der Waals surface area (Å²) in [5.41, 5.74) is -0.473. The van der Waals surface area contributed by atoms with Crippen LogP contribution in [0.15, 0.2) is 65.2 Å². The highest BCUT2D eigenvalue weighted by Crippen LogP contribution is 2.67. The number of benzene rings is 1. The Morgan fingerprint density at radius 2 is 1.97 bits per heavy atom. The Hall–Kier alpha value is -2.28. The summed E-state index contributed by atoms with van der Waals surface area (Å²) < 4.78 is 0. The summed E-state index contributed by atoms with van der Waals surface area (Å²) in [5.74, 6) is 0.375. The molecular formula is C30H33NO4S. The van der Waals surface area contributed by atoms with E-state index in [1.165, 1.54) is 11.8 Å². The van der Waals surface area contributed by atoms with Gasteiger partial charge in [0.15, 0.2) is 11.6 Å². The normalized spacial score (nSPS) is 39.3. The zero-order chi connectivity index (χ0) is 25.3. The molecule has 1 heterocycles. The Bertz CT molecular complexity index is 1320. The van der Waals surface area contributed by atoms with Crippen molar-refractivity contribution in [2.24, 2.45) is 28.6 Å². The van der Waals surface area contributed by atoms with Crippen LogP contribution in [0.5, 0.6) is 0 Å². The first-order valence-corrected chi connectivity index (χ1v) is 14.0. The molecule has 7 atom stereocenters. The number of hydrogen-bond donors (Lipinski definition) is 2. The predicted octanol–water partition coefficient (Wildman–Crippen LogP) is 4.91. The van der Waals surface area contributed by atoms with Crippen molar-refractivity contribution in [3.8, 4) is 0 Å². The monoisotopic (exact) mass is 503 g/mol. The fourth-order valence-electron chi connectivity index (χ4n) is 8.18. The maximum absolute atomic E-state index is 13.6. The van der Waals surface area contributed by atoms with Gasteiger partial charge in [-0.05, 0) is 68.2 Å². The molecule has 1 aromatic heterocycles. The lowest BCUT2D eigenvalue weighted by Gasteiger charge is -2.59. The van der Waals surface area contributed by atoms with Gasteiger partial charge in [0.05, 0.1) is 22.4 Å². The third kappa shape index (κ3) is 3.41. The van der Waals surface area contributed by atoms with Crippen LogP contribution in [0.3, 0.4) is 0 Å². The average molecular weight is 504 g/mol. The largest absolute Gasteiger partial charge is 0.393 e. The van der Waals surface area contributed by atoms with Crippen LogP contribution in [0.4, 0.5) is 0 Å². The van der Waals surface area contributed by atoms with Crippen LogP contribution in [0.2, 0.25) is 0 Å². The number of ketones is 2. The second kappa shape index (κ2) is 8.37. The fraction of sp³-hybridized carbons (Fsp3) is 0.500. The van der Waals surface area contributed by atoms with E-state index in [2.05, 4.69) is 11.9 Å². The number of carbonyl (C=O) groups excluding carboxylic acids is 2. The number of thioether (sulfide) groups is 1. The van der Waals surface area contributed by atoms with Crippen molar-refractivity contribution in [1.82, 2.24) is 4.98 Å². The molecule has 5 nitrogen and oxygen atoms in total. The molecule has 2 aromatic rings. The minimum absolute atomic E-state index is 0.00597. The minimum Gasteiger partial charge on any atom is -0.393 e. The highest BCUT2D eigenvalue weighted by Gasteiger charge is 2.67. The van der Waals surface area contributed by atoms with E-state index in [1.54, 1.807) is 12.2 Å². The van der Waals surface area contributed by atoms with Crippen molar-refractivity contribution >= 4 is 34.2 Å². The van der Waals surface area contributed by atoms with Crippen LogP contribution in [0, 0.1) is 28.6 Å². The standard InChI is InChI=1S/C30H33NO4S/c1-28-13-11-20(32)15-19(28)8-9-21-22-12-14-30(35,29(22,2)16-24(33)27(21)28)25(34)17-36-26-10-7-18-5-3-4-6-23(18)31-26/h3-7,10-11,13,15,21-22,24,27,33,35H,8-9,12,14,16-17H2,1-2H3/t21?,22?,24?,27?,28?,29?,30-/m0/s1. The van der Waals surface area contributed by atoms with Gasteiger partial charge >= 0.3 is 0 Å². The van der Waals surface area contributed by atoms with Crippen LogP contribution >= 0.6 is 11.8 Å². The smallest absolute Gasteiger partial charge is 0.178 e. The van der Waals surface area contributed by atoms with Gasteiger partial charge in [-0.3, -0.25) is 9.59 Å². The van der Waals surface area contributed by atoms with E-state index in [0.29, 0.717) is 12.8 Å². The van der Waals surface area contributed by atoms with Crippen LogP contribution in [0.1, 0.15) is 46.0 Å². The van der Waals surface area contributed by atoms with Gasteiger partial charge in [0.1, 0.15) is 5.60 Å². The van der Waals surface area contributed by atoms with E-state index in [-0.39, 0.29) is 40.5 Å². The summed E-state index contributed by atoms with van der Waals surface area (Å²) in [6.07, 6.45) is 8.05. The summed E-state index contributed by atoms with van der Waals surface area (Å²) in [4.78, 5) is 30.3. The number of allylic oxidation sites excluding steroid dienone is 4. The van der Waals surface area contributed by atoms with Gasteiger partial charge < -0.3 is 10.2 Å². The lowest BCUT2D eigenvalue weighted by atomic mass is 9.46. The average Bonchev–Trinajstić information content (AvgIpc) is 3.13. The van der Waals surface area contributed by atoms with Crippen molar-refractivity contribution in [1.29, 1.82) is 0 Å². The molecule has 3 fully saturated rings. The number of nitrogens with zero attached hydrogens (tertiary/aromatic N) is 1. The molecule has 6 heteroatoms. The summed E-state index contributed by atoms with van der Waals surface area (Å²) in [6.45, 7) is 4.17. The highest BCUT2D eigenvalue weighted by atomic mass is 32.2. The van der Waals surface area contributed by atoms with E-state index in [0.717, 1.165) is 40.8 Å². The number of aliphatic hydroxyl groups excluding tert-OH is 1. The molecule has 2 N–H and O–H groups in total. The van der Waals surface area contributed by atoms with E-state index < -0.39 is 17.1 Å². The van der Waals surface area contributed by atoms with Crippen molar-refractivity contribution in [3.63, 3.8) is 0 Å². The lowest BCUT2D eigenvalue weighted by Crippen LogP contribution is -2.61. The van der Waals surface area contributed by atoms with Crippen molar-refractivity contribution in [2.75, 3.05) is 5.75 Å². The number of para-hydroxylation sites is 1. The van der Waals surface area contributed by atoms with Crippen LogP contribution in [0.25, 0.3) is 10.9 Å². The first-order chi connectivity index (χ1) is 17.2. The molecular weight excluding hydrogens is 470 g/mol. The summed E-state index contributed by atoms with van der Waals surface area (Å²) in [7, 11) is 0. The maximum atomic E-state index is 13.6. The van der Waals surface area contributed by atoms with Gasteiger partial charge in [-0.25, -0.2) is 4.98 Å². The van der Waals surface area contributed by atoms with E-state index in [9.17, 15) is 19.8 Å². The van der Waals surface area contributed by atoms with Crippen molar-refractivity contribution < 1.29 is 19.8 Å². The van der Waals surface area contributed by atoms with Gasteiger partial charge in [0.2, 0.25) is 0 Å². The number of Topliss-reactive ketones (excluding diaryl/α,β-unsaturated/α-hetero) is 1. The number of carbonyl (C=O) groups is 2. The number of aromatic nitrogens is 1. The molecule has 0 bridgehead atoms. The van der Waals surface area contributed by atoms with E-state index in [1.807, 2.05) is 49.4 Å². The zero-order valence-corrected chi connectivity index (χ0v) is 21.6. The van der Waals surface area contributed by atoms with Gasteiger partial charge in [-0.2, -0.15) is 0 Å². The fourth-order valence-corrected chi connectivity index (χ4v) is 9.02. The van der Waals surface area contributed by atoms with Gasteiger partial charge in [0.25, 0.3) is 0 Å². The van der Waals surface area contributed by atoms with Crippen LogP contribution in [-0.2, 0) is 9.59 Å². The molecule has 0 aliphatic heterocycles. The first kappa shape index (κ1) is 24.1. The summed E-state index contributed by atoms with van der Waals surface area (Å²) in [6, 6.07) is 11.8. The molecule has 1 aromatic carbocycles. The molecule has 0 saturated heterocycles. The molecule has 3 saturated carbocycles. The molecule has 4 aliphatic carbocycles. The van der Waals surface area contributed by atoms with Crippen molar-refractivity contribution in [2.45, 2.75) is 62.7 Å². The van der Waals surface area contributed by atoms with Crippen LogP contribution < -0.4 is 0 Å². The third-order valence-corrected chi connectivity index (χ3v) is 11.0. The Labute approximate surface area is 216 Å². The molecule has 6 rings (SSSR count). The van der Waals surface area contributed by atoms with Gasteiger partial charge in [-0.1, -0.05) is 61.5 Å². The Morgan fingerprint density at radius 3 is 2.81 bits per heavy atom. The maximum Gasteiger partial charge on any atom is 0.178 e. The lowest BCUT2D eigenvalue weighted by molar-refractivity contribution is -0.174. The summed E-state index contributed by atoms with van der Waals surface area (Å²) >= 11 is 1.37. The SMILES string of the molecule is CC12C=CC(=O)C=C1CCC1C2C(O)CC2(C)C1CC[C@]2(O)C(=O)CSc1ccc2ccccc2n1. The number of rotatable bonds is 4. The first-order valence-electron chi connectivity index (χ1n) is 13.0. The quantitative estimate of drug-likeness (QED) is 0.577. The number of hydrogen-bond acceptors (Lipinski definition) is 6. The Kier molecular flexibility index (Phi) is 5.60. The molecule has 6 unspecified atom stereocenters. The second-order valence-electron chi connectivity index (χ2n) is 11.7. The highest BCUT2D eigenvalue weighted by molar-refractivity contribution is 7.99. The predicted molar refractivity (Wildman–Crippen MR) is 140 cm³/mol. The molecule has 0 amide bonds. The molecule has 36 heavy (non-hydrogen) atoms. The topological polar surface area (TPSA) is 87.5 Å². The molecule has 4 aliphatic rings. The van der Waals surface area contributed by atoms with Gasteiger partial charge in [-0.15, -0.1) is 0 Å². The summed E-state index contributed by atoms with van der Waals surface area (Å²) in [5, 5.41) is 25.3. The molecule has 0 spiro atoms. The van der Waals surface area contributed by atoms with Crippen LogP contribution in [-0.4, -0.2) is 44.2 Å². The number of fused-ring (bicyclic) bond motifs is 6.